The van der Waals surface area contributed by atoms with Crippen molar-refractivity contribution >= 4 is 32.6 Å². The third kappa shape index (κ3) is 3.73. The molecule has 7 heteroatoms. The van der Waals surface area contributed by atoms with Gasteiger partial charge in [0.25, 0.3) is 0 Å². The van der Waals surface area contributed by atoms with Crippen LogP contribution in [0.25, 0.3) is 10.2 Å². The van der Waals surface area contributed by atoms with E-state index in [-0.39, 0.29) is 5.91 Å². The van der Waals surface area contributed by atoms with Crippen LogP contribution in [-0.4, -0.2) is 27.3 Å². The molecule has 1 aromatic carbocycles. The van der Waals surface area contributed by atoms with Gasteiger partial charge in [-0.3, -0.25) is 9.48 Å². The van der Waals surface area contributed by atoms with E-state index in [4.69, 9.17) is 4.74 Å². The molecule has 2 heterocycles. The Bertz CT molecular complexity index is 869. The van der Waals surface area contributed by atoms with Crippen molar-refractivity contribution in [1.82, 2.24) is 14.8 Å². The molecule has 1 N–H and O–H groups in total. The third-order valence-corrected chi connectivity index (χ3v) is 4.50. The molecule has 0 unspecified atom stereocenters. The first kappa shape index (κ1) is 16.4. The molecule has 2 aromatic heterocycles. The van der Waals surface area contributed by atoms with E-state index in [1.807, 2.05) is 49.7 Å². The van der Waals surface area contributed by atoms with Crippen LogP contribution < -0.4 is 10.1 Å². The number of benzene rings is 1. The number of amides is 1. The Morgan fingerprint density at radius 1 is 1.33 bits per heavy atom. The van der Waals surface area contributed by atoms with Crippen molar-refractivity contribution in [3.05, 3.63) is 35.7 Å². The van der Waals surface area contributed by atoms with Crippen LogP contribution in [0.15, 0.2) is 24.3 Å². The number of anilines is 1. The highest BCUT2D eigenvalue weighted by molar-refractivity contribution is 7.22. The zero-order valence-corrected chi connectivity index (χ0v) is 14.8. The number of nitrogens with zero attached hydrogens (tertiary/aromatic N) is 3. The molecule has 0 atom stereocenters. The SMILES string of the molecule is CCOc1ccc2nc(NC(=O)CCn3nc(C)cc3C)sc2c1. The van der Waals surface area contributed by atoms with Crippen molar-refractivity contribution in [1.29, 1.82) is 0 Å². The van der Waals surface area contributed by atoms with Crippen LogP contribution in [0.2, 0.25) is 0 Å². The molecule has 0 aliphatic rings. The third-order valence-electron chi connectivity index (χ3n) is 3.57. The first-order valence-electron chi connectivity index (χ1n) is 7.89. The number of hydrogen-bond donors (Lipinski definition) is 1. The Morgan fingerprint density at radius 2 is 2.17 bits per heavy atom. The molecule has 3 aromatic rings. The van der Waals surface area contributed by atoms with Crippen molar-refractivity contribution < 1.29 is 9.53 Å². The summed E-state index contributed by atoms with van der Waals surface area (Å²) in [5, 5.41) is 7.84. The molecule has 0 saturated carbocycles. The first-order chi connectivity index (χ1) is 11.5. The Morgan fingerprint density at radius 3 is 2.88 bits per heavy atom. The number of aryl methyl sites for hydroxylation is 3. The van der Waals surface area contributed by atoms with Crippen LogP contribution in [0.1, 0.15) is 24.7 Å². The molecule has 0 bridgehead atoms. The predicted octanol–water partition coefficient (Wildman–Crippen LogP) is 3.54. The van der Waals surface area contributed by atoms with E-state index in [0.717, 1.165) is 27.4 Å². The summed E-state index contributed by atoms with van der Waals surface area (Å²) in [6.07, 6.45) is 0.363. The second-order valence-electron chi connectivity index (χ2n) is 5.53. The van der Waals surface area contributed by atoms with Crippen LogP contribution in [0.3, 0.4) is 0 Å². The van der Waals surface area contributed by atoms with Crippen LogP contribution in [-0.2, 0) is 11.3 Å². The largest absolute Gasteiger partial charge is 0.494 e. The molecule has 6 nitrogen and oxygen atoms in total. The number of hydrogen-bond acceptors (Lipinski definition) is 5. The number of carbonyl (C=O) groups excluding carboxylic acids is 1. The molecule has 126 valence electrons. The predicted molar refractivity (Wildman–Crippen MR) is 95.7 cm³/mol. The Labute approximate surface area is 144 Å². The summed E-state index contributed by atoms with van der Waals surface area (Å²) in [4.78, 5) is 16.6. The molecule has 1 amide bonds. The number of aromatic nitrogens is 3. The van der Waals surface area contributed by atoms with Gasteiger partial charge in [0.2, 0.25) is 5.91 Å². The summed E-state index contributed by atoms with van der Waals surface area (Å²) >= 11 is 1.45. The van der Waals surface area contributed by atoms with E-state index in [1.165, 1.54) is 11.3 Å². The number of ether oxygens (including phenoxy) is 1. The number of thiazole rings is 1. The minimum absolute atomic E-state index is 0.0633. The highest BCUT2D eigenvalue weighted by Gasteiger charge is 2.10. The molecule has 0 fully saturated rings. The molecular formula is C17H20N4O2S. The Kier molecular flexibility index (Phi) is 4.80. The number of fused-ring (bicyclic) bond motifs is 1. The summed E-state index contributed by atoms with van der Waals surface area (Å²) in [7, 11) is 0. The fourth-order valence-corrected chi connectivity index (χ4v) is 3.42. The van der Waals surface area contributed by atoms with Crippen LogP contribution in [0.4, 0.5) is 5.13 Å². The van der Waals surface area contributed by atoms with E-state index in [9.17, 15) is 4.79 Å². The van der Waals surface area contributed by atoms with Crippen molar-refractivity contribution in [2.75, 3.05) is 11.9 Å². The number of rotatable bonds is 6. The lowest BCUT2D eigenvalue weighted by molar-refractivity contribution is -0.116. The fourth-order valence-electron chi connectivity index (χ4n) is 2.51. The van der Waals surface area contributed by atoms with Gasteiger partial charge in [-0.1, -0.05) is 11.3 Å². The highest BCUT2D eigenvalue weighted by Crippen LogP contribution is 2.29. The van der Waals surface area contributed by atoms with E-state index in [0.29, 0.717) is 24.7 Å². The van der Waals surface area contributed by atoms with Crippen LogP contribution in [0, 0.1) is 13.8 Å². The van der Waals surface area contributed by atoms with Gasteiger partial charge >= 0.3 is 0 Å². The van der Waals surface area contributed by atoms with E-state index in [2.05, 4.69) is 15.4 Å². The van der Waals surface area contributed by atoms with E-state index < -0.39 is 0 Å². The molecule has 0 saturated heterocycles. The molecule has 0 aliphatic heterocycles. The monoisotopic (exact) mass is 344 g/mol. The lowest BCUT2D eigenvalue weighted by atomic mass is 10.3. The standard InChI is InChI=1S/C17H20N4O2S/c1-4-23-13-5-6-14-15(10-13)24-17(18-14)19-16(22)7-8-21-12(3)9-11(2)20-21/h5-6,9-10H,4,7-8H2,1-3H3,(H,18,19,22). The normalized spacial score (nSPS) is 11.0. The first-order valence-corrected chi connectivity index (χ1v) is 8.71. The van der Waals surface area contributed by atoms with Crippen molar-refractivity contribution in [2.45, 2.75) is 33.7 Å². The van der Waals surface area contributed by atoms with Gasteiger partial charge < -0.3 is 10.1 Å². The Hall–Kier alpha value is -2.41. The maximum absolute atomic E-state index is 12.1. The second kappa shape index (κ2) is 7.00. The van der Waals surface area contributed by atoms with Gasteiger partial charge in [-0.2, -0.15) is 5.10 Å². The molecule has 0 radical (unpaired) electrons. The van der Waals surface area contributed by atoms with Crippen LogP contribution in [0.5, 0.6) is 5.75 Å². The molecule has 24 heavy (non-hydrogen) atoms. The zero-order chi connectivity index (χ0) is 17.1. The van der Waals surface area contributed by atoms with Crippen LogP contribution >= 0.6 is 11.3 Å². The van der Waals surface area contributed by atoms with Gasteiger partial charge in [0.1, 0.15) is 5.75 Å². The van der Waals surface area contributed by atoms with Gasteiger partial charge in [0.05, 0.1) is 22.5 Å². The Balaban J connectivity index is 1.63. The maximum Gasteiger partial charge on any atom is 0.228 e. The number of nitrogens with one attached hydrogen (secondary N) is 1. The summed E-state index contributed by atoms with van der Waals surface area (Å²) in [5.74, 6) is 0.752. The fraction of sp³-hybridized carbons (Fsp3) is 0.353. The van der Waals surface area contributed by atoms with Crippen molar-refractivity contribution in [3.63, 3.8) is 0 Å². The summed E-state index contributed by atoms with van der Waals surface area (Å²) < 4.78 is 8.33. The second-order valence-corrected chi connectivity index (χ2v) is 6.56. The van der Waals surface area contributed by atoms with Gasteiger partial charge in [0.15, 0.2) is 5.13 Å². The topological polar surface area (TPSA) is 69.0 Å². The average molecular weight is 344 g/mol. The lowest BCUT2D eigenvalue weighted by Crippen LogP contribution is -2.15. The van der Waals surface area contributed by atoms with E-state index in [1.54, 1.807) is 0 Å². The number of carbonyl (C=O) groups is 1. The minimum atomic E-state index is -0.0633. The lowest BCUT2D eigenvalue weighted by Gasteiger charge is -2.04. The van der Waals surface area contributed by atoms with E-state index >= 15 is 0 Å². The molecule has 0 aliphatic carbocycles. The molecule has 0 spiro atoms. The molecule has 3 rings (SSSR count). The summed E-state index contributed by atoms with van der Waals surface area (Å²) in [5.41, 5.74) is 2.88. The quantitative estimate of drug-likeness (QED) is 0.742. The summed E-state index contributed by atoms with van der Waals surface area (Å²) in [6.45, 7) is 7.07. The van der Waals surface area contributed by atoms with Gasteiger partial charge in [0, 0.05) is 18.7 Å². The van der Waals surface area contributed by atoms with Crippen molar-refractivity contribution in [2.24, 2.45) is 0 Å². The zero-order valence-electron chi connectivity index (χ0n) is 14.0. The van der Waals surface area contributed by atoms with Gasteiger partial charge in [-0.25, -0.2) is 4.98 Å². The summed E-state index contributed by atoms with van der Waals surface area (Å²) in [6, 6.07) is 7.74. The minimum Gasteiger partial charge on any atom is -0.494 e. The molecular weight excluding hydrogens is 324 g/mol. The van der Waals surface area contributed by atoms with Gasteiger partial charge in [-0.15, -0.1) is 0 Å². The van der Waals surface area contributed by atoms with Gasteiger partial charge in [-0.05, 0) is 45.0 Å². The van der Waals surface area contributed by atoms with Crippen molar-refractivity contribution in [3.8, 4) is 5.75 Å². The maximum atomic E-state index is 12.1. The smallest absolute Gasteiger partial charge is 0.228 e. The average Bonchev–Trinajstić information content (AvgIpc) is 3.07. The highest BCUT2D eigenvalue weighted by atomic mass is 32.1.